The first kappa shape index (κ1) is 15.1. The van der Waals surface area contributed by atoms with Crippen LogP contribution >= 0.6 is 21.6 Å². The monoisotopic (exact) mass is 251 g/mol. The van der Waals surface area contributed by atoms with Crippen molar-refractivity contribution in [1.29, 1.82) is 0 Å². The molecule has 0 saturated heterocycles. The van der Waals surface area contributed by atoms with E-state index in [1.807, 2.05) is 21.6 Å². The van der Waals surface area contributed by atoms with Gasteiger partial charge in [0.05, 0.1) is 13.5 Å². The highest BCUT2D eigenvalue weighted by Gasteiger charge is 2.10. The molecule has 0 aromatic rings. The molecule has 0 aromatic heterocycles. The summed E-state index contributed by atoms with van der Waals surface area (Å²) in [6.07, 6.45) is 0.452. The highest BCUT2D eigenvalue weighted by molar-refractivity contribution is 8.77. The molecule has 0 unspecified atom stereocenters. The molecule has 0 radical (unpaired) electrons. The van der Waals surface area contributed by atoms with Crippen LogP contribution in [0, 0.1) is 0 Å². The number of hydrogen-bond acceptors (Lipinski definition) is 5. The van der Waals surface area contributed by atoms with Crippen molar-refractivity contribution in [3.63, 3.8) is 0 Å². The summed E-state index contributed by atoms with van der Waals surface area (Å²) in [6, 6.07) is 0. The van der Waals surface area contributed by atoms with Crippen molar-refractivity contribution in [2.24, 2.45) is 0 Å². The topological polar surface area (TPSA) is 38.3 Å². The molecule has 0 saturated carbocycles. The van der Waals surface area contributed by atoms with Gasteiger partial charge in [0.1, 0.15) is 0 Å². The summed E-state index contributed by atoms with van der Waals surface area (Å²) in [7, 11) is 5.17. The van der Waals surface area contributed by atoms with E-state index in [1.54, 1.807) is 0 Å². The van der Waals surface area contributed by atoms with Crippen LogP contribution in [-0.2, 0) is 9.53 Å². The second-order valence-corrected chi connectivity index (χ2v) is 7.34. The third-order valence-electron chi connectivity index (χ3n) is 1.40. The molecule has 3 nitrogen and oxygen atoms in total. The number of hydrogen-bond donors (Lipinski definition) is 1. The Bertz CT molecular complexity index is 181. The Labute approximate surface area is 100 Å². The van der Waals surface area contributed by atoms with Gasteiger partial charge in [-0.05, 0) is 0 Å². The van der Waals surface area contributed by atoms with Gasteiger partial charge < -0.3 is 10.1 Å². The van der Waals surface area contributed by atoms with Crippen molar-refractivity contribution in [2.45, 2.75) is 31.9 Å². The molecule has 0 fully saturated rings. The molecule has 0 aliphatic rings. The lowest BCUT2D eigenvalue weighted by atomic mass is 10.3. The summed E-state index contributed by atoms with van der Waals surface area (Å²) in [5.74, 6) is 0.905. The predicted molar refractivity (Wildman–Crippen MR) is 69.3 cm³/mol. The quantitative estimate of drug-likeness (QED) is 0.427. The Morgan fingerprint density at radius 2 is 2.00 bits per heavy atom. The van der Waals surface area contributed by atoms with E-state index in [-0.39, 0.29) is 5.97 Å². The van der Waals surface area contributed by atoms with Crippen LogP contribution in [0.1, 0.15) is 27.2 Å². The average Bonchev–Trinajstić information content (AvgIpc) is 2.14. The summed E-state index contributed by atoms with van der Waals surface area (Å²) >= 11 is 0. The Morgan fingerprint density at radius 1 is 1.33 bits per heavy atom. The smallest absolute Gasteiger partial charge is 0.306 e. The van der Waals surface area contributed by atoms with E-state index in [9.17, 15) is 4.79 Å². The van der Waals surface area contributed by atoms with E-state index in [0.717, 1.165) is 12.3 Å². The van der Waals surface area contributed by atoms with E-state index < -0.39 is 0 Å². The maximum absolute atomic E-state index is 10.8. The SMILES string of the molecule is COC(=O)CCNCCSSC(C)(C)C. The lowest BCUT2D eigenvalue weighted by Crippen LogP contribution is -2.21. The molecule has 5 heteroatoms. The van der Waals surface area contributed by atoms with Gasteiger partial charge in [0.2, 0.25) is 0 Å². The second kappa shape index (κ2) is 8.30. The standard InChI is InChI=1S/C10H21NO2S2/c1-10(2,3)15-14-8-7-11-6-5-9(12)13-4/h11H,5-8H2,1-4H3. The van der Waals surface area contributed by atoms with Gasteiger partial charge in [-0.25, -0.2) is 0 Å². The van der Waals surface area contributed by atoms with Crippen molar-refractivity contribution < 1.29 is 9.53 Å². The molecule has 0 amide bonds. The largest absolute Gasteiger partial charge is 0.469 e. The Balaban J connectivity index is 3.16. The average molecular weight is 251 g/mol. The first-order valence-electron chi connectivity index (χ1n) is 5.04. The molecular formula is C10H21NO2S2. The molecule has 0 aliphatic heterocycles. The zero-order valence-corrected chi connectivity index (χ0v) is 11.6. The fraction of sp³-hybridized carbons (Fsp3) is 0.900. The molecule has 1 N–H and O–H groups in total. The van der Waals surface area contributed by atoms with Crippen molar-refractivity contribution in [1.82, 2.24) is 5.32 Å². The summed E-state index contributed by atoms with van der Waals surface area (Å²) < 4.78 is 4.85. The third kappa shape index (κ3) is 12.1. The minimum Gasteiger partial charge on any atom is -0.469 e. The van der Waals surface area contributed by atoms with Gasteiger partial charge in [-0.1, -0.05) is 42.4 Å². The molecule has 0 bridgehead atoms. The fourth-order valence-electron chi connectivity index (χ4n) is 0.750. The lowest BCUT2D eigenvalue weighted by molar-refractivity contribution is -0.140. The summed E-state index contributed by atoms with van der Waals surface area (Å²) in [6.45, 7) is 8.25. The number of methoxy groups -OCH3 is 1. The zero-order chi connectivity index (χ0) is 11.7. The fourth-order valence-corrected chi connectivity index (χ4v) is 2.98. The van der Waals surface area contributed by atoms with Crippen molar-refractivity contribution in [3.05, 3.63) is 0 Å². The molecule has 0 aromatic carbocycles. The minimum atomic E-state index is -0.154. The highest BCUT2D eigenvalue weighted by atomic mass is 33.1. The maximum Gasteiger partial charge on any atom is 0.306 e. The molecule has 0 aliphatic carbocycles. The summed E-state index contributed by atoms with van der Waals surface area (Å²) in [5.41, 5.74) is 0. The number of ether oxygens (including phenoxy) is 1. The zero-order valence-electron chi connectivity index (χ0n) is 9.96. The Hall–Kier alpha value is 0.130. The molecule has 15 heavy (non-hydrogen) atoms. The van der Waals surface area contributed by atoms with Gasteiger partial charge in [0.25, 0.3) is 0 Å². The predicted octanol–water partition coefficient (Wildman–Crippen LogP) is 2.32. The number of carbonyl (C=O) groups is 1. The summed E-state index contributed by atoms with van der Waals surface area (Å²) in [5, 5.41) is 3.20. The number of rotatable bonds is 7. The Kier molecular flexibility index (Phi) is 8.37. The first-order valence-corrected chi connectivity index (χ1v) is 7.36. The van der Waals surface area contributed by atoms with Crippen molar-refractivity contribution >= 4 is 27.6 Å². The van der Waals surface area contributed by atoms with Crippen LogP contribution in [0.2, 0.25) is 0 Å². The minimum absolute atomic E-state index is 0.154. The highest BCUT2D eigenvalue weighted by Crippen LogP contribution is 2.34. The lowest BCUT2D eigenvalue weighted by Gasteiger charge is -2.16. The summed E-state index contributed by atoms with van der Waals surface area (Å²) in [4.78, 5) is 10.8. The van der Waals surface area contributed by atoms with Crippen LogP contribution in [0.5, 0.6) is 0 Å². The van der Waals surface area contributed by atoms with Crippen molar-refractivity contribution in [3.8, 4) is 0 Å². The van der Waals surface area contributed by atoms with E-state index in [1.165, 1.54) is 7.11 Å². The van der Waals surface area contributed by atoms with Gasteiger partial charge in [0, 0.05) is 23.6 Å². The number of esters is 1. The van der Waals surface area contributed by atoms with Crippen molar-refractivity contribution in [2.75, 3.05) is 26.0 Å². The van der Waals surface area contributed by atoms with Gasteiger partial charge in [-0.2, -0.15) is 0 Å². The number of nitrogens with one attached hydrogen (secondary N) is 1. The Morgan fingerprint density at radius 3 is 2.53 bits per heavy atom. The molecular weight excluding hydrogens is 230 g/mol. The molecule has 0 rings (SSSR count). The van der Waals surface area contributed by atoms with Gasteiger partial charge in [0.15, 0.2) is 0 Å². The third-order valence-corrected chi connectivity index (χ3v) is 4.75. The van der Waals surface area contributed by atoms with Crippen LogP contribution in [0.15, 0.2) is 0 Å². The van der Waals surface area contributed by atoms with Gasteiger partial charge in [-0.15, -0.1) is 0 Å². The van der Waals surface area contributed by atoms with E-state index >= 15 is 0 Å². The van der Waals surface area contributed by atoms with Crippen LogP contribution in [0.4, 0.5) is 0 Å². The van der Waals surface area contributed by atoms with Crippen LogP contribution in [0.25, 0.3) is 0 Å². The molecule has 0 heterocycles. The van der Waals surface area contributed by atoms with E-state index in [2.05, 4.69) is 30.8 Å². The maximum atomic E-state index is 10.8. The molecule has 0 atom stereocenters. The van der Waals surface area contributed by atoms with Crippen LogP contribution in [0.3, 0.4) is 0 Å². The van der Waals surface area contributed by atoms with Crippen LogP contribution in [-0.4, -0.2) is 36.7 Å². The van der Waals surface area contributed by atoms with E-state index in [0.29, 0.717) is 17.7 Å². The van der Waals surface area contributed by atoms with Crippen LogP contribution < -0.4 is 5.32 Å². The van der Waals surface area contributed by atoms with Gasteiger partial charge >= 0.3 is 5.97 Å². The number of carbonyl (C=O) groups excluding carboxylic acids is 1. The normalized spacial score (nSPS) is 11.5. The second-order valence-electron chi connectivity index (χ2n) is 4.09. The first-order chi connectivity index (χ1) is 6.95. The molecule has 90 valence electrons. The van der Waals surface area contributed by atoms with Gasteiger partial charge in [-0.3, -0.25) is 4.79 Å². The van der Waals surface area contributed by atoms with E-state index in [4.69, 9.17) is 0 Å². The molecule has 0 spiro atoms.